The van der Waals surface area contributed by atoms with Crippen LogP contribution in [0.15, 0.2) is 47.8 Å². The number of anilines is 1. The Kier molecular flexibility index (Phi) is 5.36. The zero-order chi connectivity index (χ0) is 18.6. The van der Waals surface area contributed by atoms with E-state index in [1.807, 2.05) is 42.2 Å². The van der Waals surface area contributed by atoms with Crippen molar-refractivity contribution in [3.63, 3.8) is 0 Å². The second-order valence-electron chi connectivity index (χ2n) is 6.97. The highest BCUT2D eigenvalue weighted by molar-refractivity contribution is 7.09. The standard InChI is InChI=1S/C21H24N4OS/c1-16-22-20(15-27-16)14-24-9-4-10-25(12-11-24)21(26)23-19-8-7-17-5-2-3-6-18(17)13-19/h2-3,5-8,13,15H,4,9-12,14H2,1H3,(H,23,26). The van der Waals surface area contributed by atoms with E-state index in [-0.39, 0.29) is 6.03 Å². The maximum atomic E-state index is 12.7. The molecule has 1 aliphatic rings. The third kappa shape index (κ3) is 4.46. The number of benzene rings is 2. The van der Waals surface area contributed by atoms with Gasteiger partial charge >= 0.3 is 6.03 Å². The van der Waals surface area contributed by atoms with Crippen LogP contribution in [0.5, 0.6) is 0 Å². The molecule has 3 aromatic rings. The molecule has 6 heteroatoms. The molecule has 1 fully saturated rings. The van der Waals surface area contributed by atoms with Crippen molar-refractivity contribution in [1.82, 2.24) is 14.8 Å². The first-order valence-electron chi connectivity index (χ1n) is 9.35. The third-order valence-corrected chi connectivity index (χ3v) is 5.75. The second-order valence-corrected chi connectivity index (χ2v) is 8.03. The Balaban J connectivity index is 1.35. The number of hydrogen-bond donors (Lipinski definition) is 1. The fraction of sp³-hybridized carbons (Fsp3) is 0.333. The molecule has 140 valence electrons. The van der Waals surface area contributed by atoms with Crippen LogP contribution in [-0.2, 0) is 6.54 Å². The van der Waals surface area contributed by atoms with Gasteiger partial charge in [0, 0.05) is 43.8 Å². The monoisotopic (exact) mass is 380 g/mol. The lowest BCUT2D eigenvalue weighted by Gasteiger charge is -2.22. The molecule has 2 aromatic carbocycles. The maximum Gasteiger partial charge on any atom is 0.321 e. The first-order valence-corrected chi connectivity index (χ1v) is 10.2. The predicted molar refractivity (Wildman–Crippen MR) is 111 cm³/mol. The summed E-state index contributed by atoms with van der Waals surface area (Å²) in [7, 11) is 0. The summed E-state index contributed by atoms with van der Waals surface area (Å²) < 4.78 is 0. The Labute approximate surface area is 163 Å². The molecule has 2 heterocycles. The Hall–Kier alpha value is -2.44. The van der Waals surface area contributed by atoms with E-state index in [1.54, 1.807) is 11.3 Å². The second kappa shape index (κ2) is 8.06. The molecule has 0 unspecified atom stereocenters. The molecule has 0 atom stereocenters. The molecule has 0 aliphatic carbocycles. The van der Waals surface area contributed by atoms with Crippen LogP contribution in [-0.4, -0.2) is 47.0 Å². The molecule has 0 radical (unpaired) electrons. The SMILES string of the molecule is Cc1nc(CN2CCCN(C(=O)Nc3ccc4ccccc4c3)CC2)cs1. The normalized spacial score (nSPS) is 15.7. The highest BCUT2D eigenvalue weighted by atomic mass is 32.1. The van der Waals surface area contributed by atoms with E-state index in [0.29, 0.717) is 0 Å². The Bertz CT molecular complexity index is 939. The zero-order valence-electron chi connectivity index (χ0n) is 15.5. The Morgan fingerprint density at radius 2 is 1.96 bits per heavy atom. The van der Waals surface area contributed by atoms with Crippen molar-refractivity contribution < 1.29 is 4.79 Å². The van der Waals surface area contributed by atoms with E-state index in [4.69, 9.17) is 0 Å². The summed E-state index contributed by atoms with van der Waals surface area (Å²) in [5, 5.41) is 8.61. The van der Waals surface area contributed by atoms with Gasteiger partial charge in [-0.3, -0.25) is 4.90 Å². The molecule has 1 saturated heterocycles. The number of aryl methyl sites for hydroxylation is 1. The summed E-state index contributed by atoms with van der Waals surface area (Å²) >= 11 is 1.69. The van der Waals surface area contributed by atoms with Crippen LogP contribution in [0, 0.1) is 6.92 Å². The van der Waals surface area contributed by atoms with Gasteiger partial charge in [-0.1, -0.05) is 30.3 Å². The lowest BCUT2D eigenvalue weighted by molar-refractivity contribution is 0.211. The molecule has 0 bridgehead atoms. The number of carbonyl (C=O) groups is 1. The molecule has 5 nitrogen and oxygen atoms in total. The van der Waals surface area contributed by atoms with Gasteiger partial charge in [0.05, 0.1) is 10.7 Å². The van der Waals surface area contributed by atoms with Crippen LogP contribution in [0.1, 0.15) is 17.1 Å². The van der Waals surface area contributed by atoms with E-state index >= 15 is 0 Å². The molecular formula is C21H24N4OS. The van der Waals surface area contributed by atoms with Crippen molar-refractivity contribution in [3.8, 4) is 0 Å². The fourth-order valence-corrected chi connectivity index (χ4v) is 4.12. The van der Waals surface area contributed by atoms with Gasteiger partial charge in [-0.05, 0) is 36.2 Å². The van der Waals surface area contributed by atoms with E-state index in [9.17, 15) is 4.79 Å². The molecule has 2 amide bonds. The number of rotatable bonds is 3. The van der Waals surface area contributed by atoms with Crippen molar-refractivity contribution in [3.05, 3.63) is 58.5 Å². The van der Waals surface area contributed by atoms with Crippen molar-refractivity contribution in [2.24, 2.45) is 0 Å². The largest absolute Gasteiger partial charge is 0.323 e. The van der Waals surface area contributed by atoms with Crippen molar-refractivity contribution in [2.75, 3.05) is 31.5 Å². The highest BCUT2D eigenvalue weighted by Crippen LogP contribution is 2.19. The number of urea groups is 1. The van der Waals surface area contributed by atoms with Crippen LogP contribution in [0.3, 0.4) is 0 Å². The van der Waals surface area contributed by atoms with Crippen LogP contribution in [0.2, 0.25) is 0 Å². The molecule has 1 aromatic heterocycles. The van der Waals surface area contributed by atoms with E-state index in [0.717, 1.165) is 60.9 Å². The average Bonchev–Trinajstić information content (AvgIpc) is 2.94. The van der Waals surface area contributed by atoms with Gasteiger partial charge in [-0.25, -0.2) is 9.78 Å². The first-order chi connectivity index (χ1) is 13.2. The zero-order valence-corrected chi connectivity index (χ0v) is 16.3. The summed E-state index contributed by atoms with van der Waals surface area (Å²) in [4.78, 5) is 21.6. The number of hydrogen-bond acceptors (Lipinski definition) is 4. The first kappa shape index (κ1) is 17.9. The van der Waals surface area contributed by atoms with Crippen molar-refractivity contribution in [1.29, 1.82) is 0 Å². The molecule has 27 heavy (non-hydrogen) atoms. The number of thiazole rings is 1. The molecule has 0 spiro atoms. The number of carbonyl (C=O) groups excluding carboxylic acids is 1. The lowest BCUT2D eigenvalue weighted by Crippen LogP contribution is -2.38. The van der Waals surface area contributed by atoms with Crippen LogP contribution >= 0.6 is 11.3 Å². The van der Waals surface area contributed by atoms with Gasteiger partial charge in [-0.15, -0.1) is 11.3 Å². The summed E-state index contributed by atoms with van der Waals surface area (Å²) in [5.41, 5.74) is 1.98. The summed E-state index contributed by atoms with van der Waals surface area (Å²) in [6.07, 6.45) is 0.980. The fourth-order valence-electron chi connectivity index (χ4n) is 3.51. The van der Waals surface area contributed by atoms with Gasteiger partial charge in [0.2, 0.25) is 0 Å². The Morgan fingerprint density at radius 3 is 2.78 bits per heavy atom. The van der Waals surface area contributed by atoms with E-state index < -0.39 is 0 Å². The van der Waals surface area contributed by atoms with E-state index in [2.05, 4.69) is 32.7 Å². The number of nitrogens with one attached hydrogen (secondary N) is 1. The van der Waals surface area contributed by atoms with Crippen LogP contribution in [0.25, 0.3) is 10.8 Å². The molecular weight excluding hydrogens is 356 g/mol. The van der Waals surface area contributed by atoms with Gasteiger partial charge in [0.15, 0.2) is 0 Å². The van der Waals surface area contributed by atoms with Gasteiger partial charge in [-0.2, -0.15) is 0 Å². The van der Waals surface area contributed by atoms with Gasteiger partial charge in [0.25, 0.3) is 0 Å². The quantitative estimate of drug-likeness (QED) is 0.735. The summed E-state index contributed by atoms with van der Waals surface area (Å²) in [6, 6.07) is 14.2. The Morgan fingerprint density at radius 1 is 1.11 bits per heavy atom. The van der Waals surface area contributed by atoms with Gasteiger partial charge < -0.3 is 10.2 Å². The van der Waals surface area contributed by atoms with Crippen molar-refractivity contribution in [2.45, 2.75) is 19.9 Å². The number of fused-ring (bicyclic) bond motifs is 1. The minimum Gasteiger partial charge on any atom is -0.323 e. The average molecular weight is 381 g/mol. The van der Waals surface area contributed by atoms with Crippen molar-refractivity contribution >= 4 is 33.8 Å². The summed E-state index contributed by atoms with van der Waals surface area (Å²) in [6.45, 7) is 6.30. The number of aromatic nitrogens is 1. The molecule has 1 N–H and O–H groups in total. The van der Waals surface area contributed by atoms with Gasteiger partial charge in [0.1, 0.15) is 0 Å². The third-order valence-electron chi connectivity index (χ3n) is 4.93. The minimum absolute atomic E-state index is 0.0170. The van der Waals surface area contributed by atoms with Crippen LogP contribution in [0.4, 0.5) is 10.5 Å². The summed E-state index contributed by atoms with van der Waals surface area (Å²) in [5.74, 6) is 0. The highest BCUT2D eigenvalue weighted by Gasteiger charge is 2.19. The number of nitrogens with zero attached hydrogens (tertiary/aromatic N) is 3. The predicted octanol–water partition coefficient (Wildman–Crippen LogP) is 4.34. The lowest BCUT2D eigenvalue weighted by atomic mass is 10.1. The van der Waals surface area contributed by atoms with Crippen LogP contribution < -0.4 is 5.32 Å². The molecule has 1 aliphatic heterocycles. The molecule has 4 rings (SSSR count). The topological polar surface area (TPSA) is 48.5 Å². The number of amides is 2. The minimum atomic E-state index is -0.0170. The van der Waals surface area contributed by atoms with E-state index in [1.165, 1.54) is 5.39 Å². The maximum absolute atomic E-state index is 12.7. The smallest absolute Gasteiger partial charge is 0.321 e. The molecule has 0 saturated carbocycles.